The molecule has 2 aromatic heterocycles. The molecule has 0 saturated heterocycles. The molecule has 3 rings (SSSR count). The molecule has 1 aromatic carbocycles. The molecule has 2 heteroatoms. The Morgan fingerprint density at radius 2 is 1.53 bits per heavy atom. The molecule has 2 nitrogen and oxygen atoms in total. The predicted octanol–water partition coefficient (Wildman–Crippen LogP) is 3.62. The zero-order valence-corrected chi connectivity index (χ0v) is 10.0. The lowest BCUT2D eigenvalue weighted by molar-refractivity contribution is 1.19. The van der Waals surface area contributed by atoms with Crippen LogP contribution in [0, 0.1) is 13.8 Å². The molecule has 0 bridgehead atoms. The van der Waals surface area contributed by atoms with Crippen molar-refractivity contribution in [3.8, 4) is 11.1 Å². The molecular weight excluding hydrogens is 208 g/mol. The van der Waals surface area contributed by atoms with Crippen molar-refractivity contribution in [3.63, 3.8) is 0 Å². The highest BCUT2D eigenvalue weighted by atomic mass is 15.0. The van der Waals surface area contributed by atoms with E-state index in [-0.39, 0.29) is 0 Å². The van der Waals surface area contributed by atoms with Gasteiger partial charge in [0.25, 0.3) is 0 Å². The van der Waals surface area contributed by atoms with Gasteiger partial charge in [-0.15, -0.1) is 0 Å². The maximum atomic E-state index is 4.43. The molecule has 0 N–H and O–H groups in total. The van der Waals surface area contributed by atoms with Gasteiger partial charge in [0, 0.05) is 12.4 Å². The first-order valence-electron chi connectivity index (χ1n) is 5.75. The summed E-state index contributed by atoms with van der Waals surface area (Å²) in [6.45, 7) is 4.12. The Morgan fingerprint density at radius 1 is 0.824 bits per heavy atom. The van der Waals surface area contributed by atoms with E-state index in [2.05, 4.69) is 58.9 Å². The highest BCUT2D eigenvalue weighted by Gasteiger charge is 2.01. The lowest BCUT2D eigenvalue weighted by Crippen LogP contribution is -1.85. The number of hydrogen-bond acceptors (Lipinski definition) is 1. The number of hydrogen-bond donors (Lipinski definition) is 0. The summed E-state index contributed by atoms with van der Waals surface area (Å²) in [6, 6.07) is 12.8. The molecule has 0 saturated carbocycles. The van der Waals surface area contributed by atoms with Gasteiger partial charge >= 0.3 is 0 Å². The van der Waals surface area contributed by atoms with Crippen LogP contribution in [-0.2, 0) is 0 Å². The maximum absolute atomic E-state index is 4.43. The van der Waals surface area contributed by atoms with Crippen LogP contribution in [0.25, 0.3) is 16.8 Å². The quantitative estimate of drug-likeness (QED) is 0.614. The summed E-state index contributed by atoms with van der Waals surface area (Å²) in [6.07, 6.45) is 4.17. The fourth-order valence-corrected chi connectivity index (χ4v) is 2.04. The van der Waals surface area contributed by atoms with Crippen molar-refractivity contribution in [3.05, 3.63) is 60.0 Å². The number of fused-ring (bicyclic) bond motifs is 1. The average Bonchev–Trinajstić information content (AvgIpc) is 2.69. The Labute approximate surface area is 101 Å². The minimum Gasteiger partial charge on any atom is -0.306 e. The smallest absolute Gasteiger partial charge is 0.136 e. The Bertz CT molecular complexity index is 663. The third-order valence-electron chi connectivity index (χ3n) is 2.96. The summed E-state index contributed by atoms with van der Waals surface area (Å²) in [5.41, 5.74) is 5.79. The molecule has 0 fully saturated rings. The SMILES string of the molecule is Cc1ccc(-c2ccc3nc(C)cn3c2)cc1. The second-order valence-corrected chi connectivity index (χ2v) is 4.43. The summed E-state index contributed by atoms with van der Waals surface area (Å²) in [5, 5.41) is 0. The van der Waals surface area contributed by atoms with Crippen molar-refractivity contribution in [1.29, 1.82) is 0 Å². The summed E-state index contributed by atoms with van der Waals surface area (Å²) in [7, 11) is 0. The summed E-state index contributed by atoms with van der Waals surface area (Å²) in [5.74, 6) is 0. The molecule has 0 unspecified atom stereocenters. The third-order valence-corrected chi connectivity index (χ3v) is 2.96. The van der Waals surface area contributed by atoms with Crippen LogP contribution in [0.4, 0.5) is 0 Å². The van der Waals surface area contributed by atoms with E-state index in [1.54, 1.807) is 0 Å². The van der Waals surface area contributed by atoms with Crippen LogP contribution in [0.2, 0.25) is 0 Å². The molecular formula is C15H14N2. The summed E-state index contributed by atoms with van der Waals surface area (Å²) < 4.78 is 2.07. The van der Waals surface area contributed by atoms with Gasteiger partial charge in [0.05, 0.1) is 5.69 Å². The summed E-state index contributed by atoms with van der Waals surface area (Å²) in [4.78, 5) is 4.43. The average molecular weight is 222 g/mol. The lowest BCUT2D eigenvalue weighted by atomic mass is 10.1. The van der Waals surface area contributed by atoms with Gasteiger partial charge in [-0.25, -0.2) is 4.98 Å². The van der Waals surface area contributed by atoms with Crippen LogP contribution in [0.1, 0.15) is 11.3 Å². The number of pyridine rings is 1. The normalized spacial score (nSPS) is 10.9. The first kappa shape index (κ1) is 10.1. The van der Waals surface area contributed by atoms with Gasteiger partial charge in [-0.05, 0) is 37.1 Å². The summed E-state index contributed by atoms with van der Waals surface area (Å²) >= 11 is 0. The topological polar surface area (TPSA) is 17.3 Å². The van der Waals surface area contributed by atoms with Crippen LogP contribution in [0.15, 0.2) is 48.8 Å². The number of imidazole rings is 1. The lowest BCUT2D eigenvalue weighted by Gasteiger charge is -2.03. The van der Waals surface area contributed by atoms with Crippen molar-refractivity contribution in [2.24, 2.45) is 0 Å². The Hall–Kier alpha value is -2.09. The van der Waals surface area contributed by atoms with E-state index in [9.17, 15) is 0 Å². The second kappa shape index (κ2) is 3.74. The molecule has 0 aliphatic carbocycles. The van der Waals surface area contributed by atoms with Gasteiger partial charge in [0.2, 0.25) is 0 Å². The van der Waals surface area contributed by atoms with Crippen molar-refractivity contribution < 1.29 is 0 Å². The van der Waals surface area contributed by atoms with Gasteiger partial charge in [-0.2, -0.15) is 0 Å². The van der Waals surface area contributed by atoms with Crippen molar-refractivity contribution in [2.45, 2.75) is 13.8 Å². The van der Waals surface area contributed by atoms with E-state index in [4.69, 9.17) is 0 Å². The van der Waals surface area contributed by atoms with E-state index in [1.807, 2.05) is 13.1 Å². The van der Waals surface area contributed by atoms with Crippen LogP contribution >= 0.6 is 0 Å². The predicted molar refractivity (Wildman–Crippen MR) is 70.1 cm³/mol. The standard InChI is InChI=1S/C15H14N2/c1-11-3-5-13(6-4-11)14-7-8-15-16-12(2)9-17(15)10-14/h3-10H,1-2H3. The van der Waals surface area contributed by atoms with Crippen LogP contribution in [0.3, 0.4) is 0 Å². The molecule has 0 aliphatic heterocycles. The second-order valence-electron chi connectivity index (χ2n) is 4.43. The van der Waals surface area contributed by atoms with Crippen molar-refractivity contribution in [2.75, 3.05) is 0 Å². The highest BCUT2D eigenvalue weighted by Crippen LogP contribution is 2.20. The fourth-order valence-electron chi connectivity index (χ4n) is 2.04. The number of benzene rings is 1. The first-order valence-corrected chi connectivity index (χ1v) is 5.75. The highest BCUT2D eigenvalue weighted by molar-refractivity contribution is 5.64. The molecule has 0 amide bonds. The van der Waals surface area contributed by atoms with Crippen molar-refractivity contribution >= 4 is 5.65 Å². The van der Waals surface area contributed by atoms with Crippen LogP contribution in [0.5, 0.6) is 0 Å². The van der Waals surface area contributed by atoms with E-state index < -0.39 is 0 Å². The molecule has 2 heterocycles. The van der Waals surface area contributed by atoms with Crippen molar-refractivity contribution in [1.82, 2.24) is 9.38 Å². The first-order chi connectivity index (χ1) is 8.22. The zero-order valence-electron chi connectivity index (χ0n) is 10.0. The maximum Gasteiger partial charge on any atom is 0.136 e. The van der Waals surface area contributed by atoms with Gasteiger partial charge in [-0.1, -0.05) is 29.8 Å². The Kier molecular flexibility index (Phi) is 2.22. The Morgan fingerprint density at radius 3 is 2.29 bits per heavy atom. The third kappa shape index (κ3) is 1.82. The van der Waals surface area contributed by atoms with Crippen LogP contribution in [-0.4, -0.2) is 9.38 Å². The molecule has 3 aromatic rings. The van der Waals surface area contributed by atoms with Gasteiger partial charge in [-0.3, -0.25) is 0 Å². The largest absolute Gasteiger partial charge is 0.306 e. The minimum atomic E-state index is 0.998. The van der Waals surface area contributed by atoms with Gasteiger partial charge < -0.3 is 4.40 Å². The molecule has 0 atom stereocenters. The van der Waals surface area contributed by atoms with Gasteiger partial charge in [0.1, 0.15) is 5.65 Å². The number of rotatable bonds is 1. The van der Waals surface area contributed by atoms with Gasteiger partial charge in [0.15, 0.2) is 0 Å². The fraction of sp³-hybridized carbons (Fsp3) is 0.133. The van der Waals surface area contributed by atoms with Crippen LogP contribution < -0.4 is 0 Å². The minimum absolute atomic E-state index is 0.998. The van der Waals surface area contributed by atoms with E-state index >= 15 is 0 Å². The molecule has 84 valence electrons. The monoisotopic (exact) mass is 222 g/mol. The number of nitrogens with zero attached hydrogens (tertiary/aromatic N) is 2. The zero-order chi connectivity index (χ0) is 11.8. The van der Waals surface area contributed by atoms with E-state index in [0.717, 1.165) is 11.3 Å². The number of aromatic nitrogens is 2. The molecule has 0 aliphatic rings. The Balaban J connectivity index is 2.13. The molecule has 17 heavy (non-hydrogen) atoms. The van der Waals surface area contributed by atoms with E-state index in [0.29, 0.717) is 0 Å². The van der Waals surface area contributed by atoms with E-state index in [1.165, 1.54) is 16.7 Å². The number of aryl methyl sites for hydroxylation is 2. The molecule has 0 radical (unpaired) electrons. The molecule has 0 spiro atoms.